The Bertz CT molecular complexity index is 987. The molecule has 0 radical (unpaired) electrons. The maximum atomic E-state index is 13.0. The first-order chi connectivity index (χ1) is 12.7. The largest absolute Gasteiger partial charge is 0.463 e. The van der Waals surface area contributed by atoms with Crippen LogP contribution in [0.1, 0.15) is 5.56 Å². The molecule has 3 aromatic rings. The number of methoxy groups -OCH3 is 1. The molecule has 0 saturated carbocycles. The summed E-state index contributed by atoms with van der Waals surface area (Å²) in [6.07, 6.45) is -4.36. The molecule has 27 heavy (non-hydrogen) atoms. The van der Waals surface area contributed by atoms with E-state index in [1.54, 1.807) is 36.4 Å². The lowest BCUT2D eigenvalue weighted by atomic mass is 9.99. The van der Waals surface area contributed by atoms with Crippen LogP contribution in [0.2, 0.25) is 5.02 Å². The number of hydrogen-bond donors (Lipinski definition) is 0. The summed E-state index contributed by atoms with van der Waals surface area (Å²) in [7, 11) is 1.13. The number of benzene rings is 3. The van der Waals surface area contributed by atoms with Gasteiger partial charge in [0.1, 0.15) is 0 Å². The first kappa shape index (κ1) is 21.0. The highest BCUT2D eigenvalue weighted by atomic mass is 35.5. The molecule has 0 aliphatic carbocycles. The van der Waals surface area contributed by atoms with Gasteiger partial charge in [-0.1, -0.05) is 29.8 Å². The van der Waals surface area contributed by atoms with Crippen LogP contribution in [0.25, 0.3) is 21.5 Å². The zero-order valence-electron chi connectivity index (χ0n) is 13.9. The topological polar surface area (TPSA) is 43.4 Å². The third-order valence-electron chi connectivity index (χ3n) is 3.64. The van der Waals surface area contributed by atoms with Crippen molar-refractivity contribution in [1.29, 1.82) is 0 Å². The highest BCUT2D eigenvalue weighted by molar-refractivity contribution is 6.45. The van der Waals surface area contributed by atoms with Crippen molar-refractivity contribution < 1.29 is 27.5 Å². The van der Waals surface area contributed by atoms with Crippen LogP contribution in [0.3, 0.4) is 0 Å². The molecule has 0 aliphatic heterocycles. The number of halogens is 5. The third kappa shape index (κ3) is 5.11. The van der Waals surface area contributed by atoms with Crippen LogP contribution in [-0.2, 0) is 20.5 Å². The van der Waals surface area contributed by atoms with E-state index in [1.807, 2.05) is 0 Å². The van der Waals surface area contributed by atoms with Gasteiger partial charge in [-0.3, -0.25) is 4.79 Å². The summed E-state index contributed by atoms with van der Waals surface area (Å²) in [4.78, 5) is 20.2. The zero-order valence-corrected chi connectivity index (χ0v) is 15.5. The van der Waals surface area contributed by atoms with Crippen LogP contribution in [0.15, 0.2) is 48.5 Å². The maximum Gasteiger partial charge on any atom is 0.417 e. The molecule has 0 atom stereocenters. The molecule has 3 nitrogen and oxygen atoms in total. The quantitative estimate of drug-likeness (QED) is 0.235. The van der Waals surface area contributed by atoms with Crippen molar-refractivity contribution in [2.24, 2.45) is 0 Å². The Morgan fingerprint density at radius 2 is 1.70 bits per heavy atom. The lowest BCUT2D eigenvalue weighted by Gasteiger charge is -2.11. The molecule has 0 fully saturated rings. The molecule has 0 N–H and O–H groups in total. The Balaban J connectivity index is 0.000000279. The summed E-state index contributed by atoms with van der Waals surface area (Å²) in [5, 5.41) is 2.86. The number of carbonyl (C=O) groups is 2. The van der Waals surface area contributed by atoms with E-state index in [9.17, 15) is 22.8 Å². The molecule has 0 spiro atoms. The average Bonchev–Trinajstić information content (AvgIpc) is 2.64. The first-order valence-electron chi connectivity index (χ1n) is 7.53. The summed E-state index contributed by atoms with van der Waals surface area (Å²) in [6, 6.07) is 12.7. The van der Waals surface area contributed by atoms with Gasteiger partial charge in [-0.05, 0) is 51.9 Å². The van der Waals surface area contributed by atoms with Crippen LogP contribution >= 0.6 is 23.2 Å². The molecule has 0 unspecified atom stereocenters. The highest BCUT2D eigenvalue weighted by Crippen LogP contribution is 2.36. The lowest BCUT2D eigenvalue weighted by molar-refractivity contribution is -0.150. The summed E-state index contributed by atoms with van der Waals surface area (Å²) in [6.45, 7) is 0. The van der Waals surface area contributed by atoms with Gasteiger partial charge in [-0.25, -0.2) is 4.79 Å². The number of esters is 1. The van der Waals surface area contributed by atoms with Crippen molar-refractivity contribution in [3.63, 3.8) is 0 Å². The molecule has 0 bridgehead atoms. The second-order valence-corrected chi connectivity index (χ2v) is 6.12. The van der Waals surface area contributed by atoms with Crippen molar-refractivity contribution in [3.8, 4) is 0 Å². The van der Waals surface area contributed by atoms with E-state index in [0.29, 0.717) is 15.8 Å². The van der Waals surface area contributed by atoms with Crippen LogP contribution < -0.4 is 0 Å². The van der Waals surface area contributed by atoms with Gasteiger partial charge in [0, 0.05) is 5.02 Å². The van der Waals surface area contributed by atoms with Gasteiger partial charge in [0.05, 0.1) is 18.6 Å². The standard InChI is InChI=1S/C15H8ClF3.C4H5ClO3/c16-12-5-4-9-6-10-2-1-3-14(15(17,18)19)13(10)8-11(9)7-12;1-8-4(7)3(6)2-5/h1-8H;2H2,1H3. The monoisotopic (exact) mass is 416 g/mol. The molecular formula is C19H13Cl2F3O3. The van der Waals surface area contributed by atoms with E-state index in [2.05, 4.69) is 4.74 Å². The average molecular weight is 417 g/mol. The van der Waals surface area contributed by atoms with Gasteiger partial charge in [0.15, 0.2) is 0 Å². The molecule has 0 saturated heterocycles. The molecule has 8 heteroatoms. The first-order valence-corrected chi connectivity index (χ1v) is 8.45. The predicted molar refractivity (Wildman–Crippen MR) is 99.2 cm³/mol. The minimum Gasteiger partial charge on any atom is -0.463 e. The Morgan fingerprint density at radius 3 is 2.26 bits per heavy atom. The smallest absolute Gasteiger partial charge is 0.417 e. The number of fused-ring (bicyclic) bond motifs is 2. The van der Waals surface area contributed by atoms with Crippen molar-refractivity contribution >= 4 is 56.5 Å². The number of hydrogen-bond acceptors (Lipinski definition) is 3. The van der Waals surface area contributed by atoms with Crippen molar-refractivity contribution in [2.45, 2.75) is 6.18 Å². The predicted octanol–water partition coefficient (Wildman–Crippen LogP) is 5.63. The van der Waals surface area contributed by atoms with Crippen LogP contribution in [0.4, 0.5) is 13.2 Å². The normalized spacial score (nSPS) is 11.0. The molecular weight excluding hydrogens is 404 g/mol. The fourth-order valence-corrected chi connectivity index (χ4v) is 2.70. The Labute approximate surface area is 162 Å². The molecule has 3 aromatic carbocycles. The van der Waals surface area contributed by atoms with Gasteiger partial charge in [-0.2, -0.15) is 13.2 Å². The minimum atomic E-state index is -4.36. The molecule has 3 rings (SSSR count). The summed E-state index contributed by atoms with van der Waals surface area (Å²) >= 11 is 10.9. The van der Waals surface area contributed by atoms with Gasteiger partial charge < -0.3 is 4.74 Å². The second-order valence-electron chi connectivity index (χ2n) is 5.42. The van der Waals surface area contributed by atoms with E-state index in [1.165, 1.54) is 6.07 Å². The van der Waals surface area contributed by atoms with Crippen molar-refractivity contribution in [2.75, 3.05) is 13.0 Å². The molecule has 0 heterocycles. The fourth-order valence-electron chi connectivity index (χ4n) is 2.41. The maximum absolute atomic E-state index is 13.0. The molecule has 0 aromatic heterocycles. The molecule has 142 valence electrons. The Hall–Kier alpha value is -2.31. The third-order valence-corrected chi connectivity index (χ3v) is 4.12. The lowest BCUT2D eigenvalue weighted by Crippen LogP contribution is -2.16. The van der Waals surface area contributed by atoms with E-state index < -0.39 is 23.5 Å². The number of rotatable bonds is 2. The number of Topliss-reactive ketones (excluding diaryl/α,β-unsaturated/α-hetero) is 1. The summed E-state index contributed by atoms with van der Waals surface area (Å²) < 4.78 is 42.9. The SMILES string of the molecule is COC(=O)C(=O)CCl.FC(F)(F)c1cccc2cc3ccc(Cl)cc3cc12. The van der Waals surface area contributed by atoms with E-state index in [-0.39, 0.29) is 11.3 Å². The van der Waals surface area contributed by atoms with Crippen LogP contribution in [0.5, 0.6) is 0 Å². The number of carbonyl (C=O) groups excluding carboxylic acids is 2. The number of alkyl halides is 4. The highest BCUT2D eigenvalue weighted by Gasteiger charge is 2.32. The van der Waals surface area contributed by atoms with Gasteiger partial charge >= 0.3 is 12.1 Å². The van der Waals surface area contributed by atoms with E-state index >= 15 is 0 Å². The number of ether oxygens (including phenoxy) is 1. The van der Waals surface area contributed by atoms with Gasteiger partial charge in [0.2, 0.25) is 0 Å². The molecule has 0 amide bonds. The van der Waals surface area contributed by atoms with Gasteiger partial charge in [-0.15, -0.1) is 11.6 Å². The summed E-state index contributed by atoms with van der Waals surface area (Å²) in [5.41, 5.74) is -0.619. The second kappa shape index (κ2) is 8.59. The van der Waals surface area contributed by atoms with Gasteiger partial charge in [0.25, 0.3) is 5.78 Å². The van der Waals surface area contributed by atoms with E-state index in [4.69, 9.17) is 23.2 Å². The van der Waals surface area contributed by atoms with Crippen LogP contribution in [0, 0.1) is 0 Å². The van der Waals surface area contributed by atoms with E-state index in [0.717, 1.165) is 18.6 Å². The Kier molecular flexibility index (Phi) is 6.68. The fraction of sp³-hybridized carbons (Fsp3) is 0.158. The number of ketones is 1. The van der Waals surface area contributed by atoms with Crippen LogP contribution in [-0.4, -0.2) is 24.7 Å². The summed E-state index contributed by atoms with van der Waals surface area (Å²) in [5.74, 6) is -1.92. The minimum absolute atomic E-state index is 0.199. The zero-order chi connectivity index (χ0) is 20.2. The van der Waals surface area contributed by atoms with Crippen molar-refractivity contribution in [3.05, 3.63) is 59.1 Å². The molecule has 0 aliphatic rings. The van der Waals surface area contributed by atoms with Crippen molar-refractivity contribution in [1.82, 2.24) is 0 Å². The Morgan fingerprint density at radius 1 is 1.00 bits per heavy atom.